The predicted octanol–water partition coefficient (Wildman–Crippen LogP) is 3.51. The second kappa shape index (κ2) is 5.03. The molecule has 0 aliphatic rings. The fourth-order valence-electron chi connectivity index (χ4n) is 1.96. The molecule has 0 aliphatic carbocycles. The number of benzene rings is 1. The highest BCUT2D eigenvalue weighted by Crippen LogP contribution is 2.18. The van der Waals surface area contributed by atoms with Crippen LogP contribution in [-0.4, -0.2) is 16.1 Å². The van der Waals surface area contributed by atoms with Gasteiger partial charge in [-0.3, -0.25) is 4.79 Å². The van der Waals surface area contributed by atoms with Gasteiger partial charge < -0.3 is 9.30 Å². The molecule has 19 heavy (non-hydrogen) atoms. The molecule has 0 saturated heterocycles. The number of ether oxygens (including phenoxy) is 1. The summed E-state index contributed by atoms with van der Waals surface area (Å²) >= 11 is 0. The van der Waals surface area contributed by atoms with E-state index in [4.69, 9.17) is 4.74 Å². The Labute approximate surface area is 112 Å². The standard InChI is InChI=1S/C15H18FNO2/c1-15(2,3)19-14(18)7-9-17-8-6-11-4-5-12(16)10-13(11)17/h4-6,8,10H,7,9H2,1-3H3. The number of nitrogens with zero attached hydrogens (tertiary/aromatic N) is 1. The number of esters is 1. The fraction of sp³-hybridized carbons (Fsp3) is 0.400. The molecule has 0 fully saturated rings. The largest absolute Gasteiger partial charge is 0.460 e. The van der Waals surface area contributed by atoms with Gasteiger partial charge in [-0.15, -0.1) is 0 Å². The highest BCUT2D eigenvalue weighted by molar-refractivity contribution is 5.80. The first-order valence-electron chi connectivity index (χ1n) is 6.31. The monoisotopic (exact) mass is 263 g/mol. The quantitative estimate of drug-likeness (QED) is 0.793. The van der Waals surface area contributed by atoms with Gasteiger partial charge in [0.2, 0.25) is 0 Å². The Hall–Kier alpha value is -1.84. The van der Waals surface area contributed by atoms with Crippen LogP contribution in [0, 0.1) is 5.82 Å². The van der Waals surface area contributed by atoms with Crippen molar-refractivity contribution < 1.29 is 13.9 Å². The molecule has 1 aromatic heterocycles. The van der Waals surface area contributed by atoms with Crippen molar-refractivity contribution in [3.63, 3.8) is 0 Å². The van der Waals surface area contributed by atoms with Crippen molar-refractivity contribution in [2.24, 2.45) is 0 Å². The van der Waals surface area contributed by atoms with Gasteiger partial charge in [0.25, 0.3) is 0 Å². The Morgan fingerprint density at radius 3 is 2.74 bits per heavy atom. The molecule has 4 heteroatoms. The van der Waals surface area contributed by atoms with Gasteiger partial charge in [0.05, 0.1) is 11.9 Å². The number of carbonyl (C=O) groups is 1. The minimum atomic E-state index is -0.470. The van der Waals surface area contributed by atoms with Crippen LogP contribution in [0.1, 0.15) is 27.2 Å². The average Bonchev–Trinajstić information content (AvgIpc) is 2.66. The van der Waals surface area contributed by atoms with Gasteiger partial charge in [-0.2, -0.15) is 0 Å². The Kier molecular flexibility index (Phi) is 3.60. The van der Waals surface area contributed by atoms with Crippen LogP contribution in [0.5, 0.6) is 0 Å². The molecule has 0 N–H and O–H groups in total. The van der Waals surface area contributed by atoms with E-state index in [-0.39, 0.29) is 18.2 Å². The maximum atomic E-state index is 13.2. The summed E-state index contributed by atoms with van der Waals surface area (Å²) in [5, 5.41) is 0.964. The molecular weight excluding hydrogens is 245 g/mol. The van der Waals surface area contributed by atoms with Crippen LogP contribution in [0.25, 0.3) is 10.9 Å². The number of carbonyl (C=O) groups excluding carboxylic acids is 1. The molecule has 0 atom stereocenters. The zero-order chi connectivity index (χ0) is 14.0. The number of rotatable bonds is 3. The van der Waals surface area contributed by atoms with Crippen molar-refractivity contribution in [3.8, 4) is 0 Å². The van der Waals surface area contributed by atoms with Gasteiger partial charge in [-0.25, -0.2) is 4.39 Å². The van der Waals surface area contributed by atoms with Gasteiger partial charge in [-0.05, 0) is 50.4 Å². The predicted molar refractivity (Wildman–Crippen MR) is 72.4 cm³/mol. The molecule has 0 spiro atoms. The zero-order valence-corrected chi connectivity index (χ0v) is 11.4. The van der Waals surface area contributed by atoms with E-state index < -0.39 is 5.60 Å². The highest BCUT2D eigenvalue weighted by Gasteiger charge is 2.16. The van der Waals surface area contributed by atoms with Gasteiger partial charge in [0.15, 0.2) is 0 Å². The lowest BCUT2D eigenvalue weighted by Gasteiger charge is -2.19. The average molecular weight is 263 g/mol. The van der Waals surface area contributed by atoms with Gasteiger partial charge >= 0.3 is 5.97 Å². The van der Waals surface area contributed by atoms with Gasteiger partial charge in [0.1, 0.15) is 11.4 Å². The van der Waals surface area contributed by atoms with Crippen molar-refractivity contribution in [1.82, 2.24) is 4.57 Å². The van der Waals surface area contributed by atoms with E-state index in [2.05, 4.69) is 0 Å². The second-order valence-electron chi connectivity index (χ2n) is 5.55. The smallest absolute Gasteiger partial charge is 0.308 e. The maximum absolute atomic E-state index is 13.2. The van der Waals surface area contributed by atoms with E-state index in [0.29, 0.717) is 6.54 Å². The topological polar surface area (TPSA) is 31.2 Å². The summed E-state index contributed by atoms with van der Waals surface area (Å²) in [6.45, 7) is 6.00. The second-order valence-corrected chi connectivity index (χ2v) is 5.55. The molecule has 3 nitrogen and oxygen atoms in total. The van der Waals surface area contributed by atoms with E-state index in [0.717, 1.165) is 10.9 Å². The number of fused-ring (bicyclic) bond motifs is 1. The van der Waals surface area contributed by atoms with E-state index in [1.54, 1.807) is 6.07 Å². The van der Waals surface area contributed by atoms with Crippen LogP contribution in [0.4, 0.5) is 4.39 Å². The SMILES string of the molecule is CC(C)(C)OC(=O)CCn1ccc2ccc(F)cc21. The summed E-state index contributed by atoms with van der Waals surface area (Å²) in [6.07, 6.45) is 2.13. The summed E-state index contributed by atoms with van der Waals surface area (Å²) in [6, 6.07) is 6.55. The number of hydrogen-bond acceptors (Lipinski definition) is 2. The van der Waals surface area contributed by atoms with Crippen LogP contribution < -0.4 is 0 Å². The van der Waals surface area contributed by atoms with E-state index in [9.17, 15) is 9.18 Å². The summed E-state index contributed by atoms with van der Waals surface area (Å²) in [7, 11) is 0. The third kappa shape index (κ3) is 3.56. The third-order valence-corrected chi connectivity index (χ3v) is 2.71. The number of aryl methyl sites for hydroxylation is 1. The van der Waals surface area contributed by atoms with Crippen molar-refractivity contribution in [1.29, 1.82) is 0 Å². The van der Waals surface area contributed by atoms with Gasteiger partial charge in [-0.1, -0.05) is 0 Å². The van der Waals surface area contributed by atoms with E-state index in [1.165, 1.54) is 12.1 Å². The molecule has 0 amide bonds. The first-order chi connectivity index (χ1) is 8.85. The van der Waals surface area contributed by atoms with E-state index >= 15 is 0 Å². The van der Waals surface area contributed by atoms with Gasteiger partial charge in [0, 0.05) is 12.7 Å². The minimum absolute atomic E-state index is 0.245. The molecule has 2 rings (SSSR count). The first kappa shape index (κ1) is 13.6. The summed E-state index contributed by atoms with van der Waals surface area (Å²) in [4.78, 5) is 11.6. The van der Waals surface area contributed by atoms with Crippen molar-refractivity contribution in [2.75, 3.05) is 0 Å². The molecule has 1 aromatic carbocycles. The van der Waals surface area contributed by atoms with Crippen LogP contribution in [0.3, 0.4) is 0 Å². The normalized spacial score (nSPS) is 11.8. The summed E-state index contributed by atoms with van der Waals surface area (Å²) in [5.74, 6) is -0.518. The van der Waals surface area contributed by atoms with Crippen molar-refractivity contribution in [2.45, 2.75) is 39.3 Å². The highest BCUT2D eigenvalue weighted by atomic mass is 19.1. The van der Waals surface area contributed by atoms with E-state index in [1.807, 2.05) is 37.6 Å². The van der Waals surface area contributed by atoms with Crippen molar-refractivity contribution in [3.05, 3.63) is 36.3 Å². The molecule has 0 bridgehead atoms. The Bertz CT molecular complexity index is 596. The Balaban J connectivity index is 2.06. The molecule has 0 radical (unpaired) electrons. The lowest BCUT2D eigenvalue weighted by Crippen LogP contribution is -2.24. The van der Waals surface area contributed by atoms with Crippen molar-refractivity contribution >= 4 is 16.9 Å². The third-order valence-electron chi connectivity index (χ3n) is 2.71. The molecular formula is C15H18FNO2. The fourth-order valence-corrected chi connectivity index (χ4v) is 1.96. The molecule has 1 heterocycles. The molecule has 0 unspecified atom stereocenters. The number of halogens is 1. The Morgan fingerprint density at radius 2 is 2.05 bits per heavy atom. The molecule has 0 saturated carbocycles. The van der Waals surface area contributed by atoms with Crippen LogP contribution in [0.15, 0.2) is 30.5 Å². The lowest BCUT2D eigenvalue weighted by atomic mass is 10.2. The molecule has 2 aromatic rings. The first-order valence-corrected chi connectivity index (χ1v) is 6.31. The summed E-state index contributed by atoms with van der Waals surface area (Å²) in [5.41, 5.74) is 0.325. The number of aromatic nitrogens is 1. The lowest BCUT2D eigenvalue weighted by molar-refractivity contribution is -0.155. The maximum Gasteiger partial charge on any atom is 0.308 e. The zero-order valence-electron chi connectivity index (χ0n) is 11.4. The summed E-state index contributed by atoms with van der Waals surface area (Å²) < 4.78 is 20.3. The van der Waals surface area contributed by atoms with Crippen LogP contribution >= 0.6 is 0 Å². The van der Waals surface area contributed by atoms with Crippen LogP contribution in [-0.2, 0) is 16.1 Å². The molecule has 0 aliphatic heterocycles. The Morgan fingerprint density at radius 1 is 1.32 bits per heavy atom. The number of hydrogen-bond donors (Lipinski definition) is 0. The molecule has 102 valence electrons. The van der Waals surface area contributed by atoms with Crippen LogP contribution in [0.2, 0.25) is 0 Å². The minimum Gasteiger partial charge on any atom is -0.460 e.